The van der Waals surface area contributed by atoms with Crippen molar-refractivity contribution in [2.75, 3.05) is 5.73 Å². The van der Waals surface area contributed by atoms with Crippen molar-refractivity contribution in [2.24, 2.45) is 0 Å². The number of nitrogen functional groups attached to an aromatic ring is 1. The highest BCUT2D eigenvalue weighted by atomic mass is 32.1. The first-order valence-corrected chi connectivity index (χ1v) is 7.47. The fraction of sp³-hybridized carbons (Fsp3) is 0.333. The van der Waals surface area contributed by atoms with Crippen LogP contribution in [-0.4, -0.2) is 10.9 Å². The third-order valence-electron chi connectivity index (χ3n) is 3.21. The van der Waals surface area contributed by atoms with Crippen LogP contribution in [0.25, 0.3) is 0 Å². The van der Waals surface area contributed by atoms with Crippen LogP contribution in [0.1, 0.15) is 54.3 Å². The van der Waals surface area contributed by atoms with Gasteiger partial charge in [0.25, 0.3) is 5.91 Å². The third kappa shape index (κ3) is 3.36. The number of nitrogens with zero attached hydrogens (tertiary/aromatic N) is 1. The summed E-state index contributed by atoms with van der Waals surface area (Å²) in [5, 5.41) is 5.00. The number of carbonyl (C=O) groups excluding carboxylic acids is 1. The van der Waals surface area contributed by atoms with E-state index in [4.69, 9.17) is 5.73 Å². The second kappa shape index (κ2) is 6.05. The molecule has 1 aromatic carbocycles. The normalized spacial score (nSPS) is 12.4. The summed E-state index contributed by atoms with van der Waals surface area (Å²) in [5.74, 6) is 0.310. The van der Waals surface area contributed by atoms with Crippen LogP contribution >= 0.6 is 11.3 Å². The van der Waals surface area contributed by atoms with E-state index in [0.29, 0.717) is 16.7 Å². The zero-order valence-electron chi connectivity index (χ0n) is 11.9. The minimum absolute atomic E-state index is 0.0633. The van der Waals surface area contributed by atoms with Gasteiger partial charge in [0, 0.05) is 5.38 Å². The number of hydrogen-bond donors (Lipinski definition) is 2. The Morgan fingerprint density at radius 2 is 1.80 bits per heavy atom. The molecular formula is C15H19N3OS. The molecule has 0 fully saturated rings. The van der Waals surface area contributed by atoms with Gasteiger partial charge in [0.2, 0.25) is 0 Å². The highest BCUT2D eigenvalue weighted by molar-refractivity contribution is 7.13. The average Bonchev–Trinajstić information content (AvgIpc) is 2.85. The topological polar surface area (TPSA) is 68.0 Å². The lowest BCUT2D eigenvalue weighted by atomic mass is 9.99. The molecule has 5 heteroatoms. The maximum Gasteiger partial charge on any atom is 0.271 e. The van der Waals surface area contributed by atoms with Crippen molar-refractivity contribution in [2.45, 2.75) is 32.7 Å². The standard InChI is InChI=1S/C15H19N3OS/c1-9(2)11-4-6-12(7-5-11)10(3)17-14(19)13-8-20-15(16)18-13/h4-10H,1-3H3,(H2,16,18)(H,17,19). The number of nitrogens with one attached hydrogen (secondary N) is 1. The van der Waals surface area contributed by atoms with Gasteiger partial charge in [-0.15, -0.1) is 11.3 Å². The van der Waals surface area contributed by atoms with Crippen LogP contribution in [0.3, 0.4) is 0 Å². The quantitative estimate of drug-likeness (QED) is 0.907. The Kier molecular flexibility index (Phi) is 4.39. The smallest absolute Gasteiger partial charge is 0.271 e. The molecule has 106 valence electrons. The van der Waals surface area contributed by atoms with Crippen molar-refractivity contribution < 1.29 is 4.79 Å². The first-order valence-electron chi connectivity index (χ1n) is 6.59. The molecule has 0 aliphatic rings. The molecule has 0 saturated carbocycles. The molecule has 0 aliphatic heterocycles. The summed E-state index contributed by atoms with van der Waals surface area (Å²) in [7, 11) is 0. The Balaban J connectivity index is 2.04. The molecular weight excluding hydrogens is 270 g/mol. The Hall–Kier alpha value is -1.88. The average molecular weight is 289 g/mol. The van der Waals surface area contributed by atoms with Gasteiger partial charge in [0.15, 0.2) is 5.13 Å². The van der Waals surface area contributed by atoms with Crippen LogP contribution in [0.2, 0.25) is 0 Å². The lowest BCUT2D eigenvalue weighted by molar-refractivity contribution is 0.0935. The van der Waals surface area contributed by atoms with Crippen molar-refractivity contribution in [3.05, 3.63) is 46.5 Å². The van der Waals surface area contributed by atoms with Crippen molar-refractivity contribution in [1.82, 2.24) is 10.3 Å². The molecule has 1 aromatic heterocycles. The molecule has 0 saturated heterocycles. The van der Waals surface area contributed by atoms with Crippen LogP contribution in [0, 0.1) is 0 Å². The van der Waals surface area contributed by atoms with Gasteiger partial charge in [-0.1, -0.05) is 38.1 Å². The highest BCUT2D eigenvalue weighted by Gasteiger charge is 2.14. The second-order valence-corrected chi connectivity index (χ2v) is 5.98. The summed E-state index contributed by atoms with van der Waals surface area (Å²) in [6.07, 6.45) is 0. The third-order valence-corrected chi connectivity index (χ3v) is 3.88. The fourth-order valence-electron chi connectivity index (χ4n) is 1.92. The van der Waals surface area contributed by atoms with Crippen LogP contribution in [0.5, 0.6) is 0 Å². The predicted molar refractivity (Wildman–Crippen MR) is 82.9 cm³/mol. The summed E-state index contributed by atoms with van der Waals surface area (Å²) in [5.41, 5.74) is 8.27. The highest BCUT2D eigenvalue weighted by Crippen LogP contribution is 2.19. The Labute approximate surface area is 123 Å². The maximum atomic E-state index is 12.0. The van der Waals surface area contributed by atoms with Gasteiger partial charge < -0.3 is 11.1 Å². The van der Waals surface area contributed by atoms with Crippen molar-refractivity contribution in [3.8, 4) is 0 Å². The minimum atomic E-state index is -0.196. The Morgan fingerprint density at radius 1 is 1.20 bits per heavy atom. The van der Waals surface area contributed by atoms with E-state index in [-0.39, 0.29) is 11.9 Å². The summed E-state index contributed by atoms with van der Waals surface area (Å²) in [4.78, 5) is 16.0. The van der Waals surface area contributed by atoms with Gasteiger partial charge in [-0.25, -0.2) is 4.98 Å². The van der Waals surface area contributed by atoms with E-state index in [2.05, 4.69) is 48.4 Å². The maximum absolute atomic E-state index is 12.0. The van der Waals surface area contributed by atoms with Crippen LogP contribution in [-0.2, 0) is 0 Å². The molecule has 0 aliphatic carbocycles. The minimum Gasteiger partial charge on any atom is -0.375 e. The Morgan fingerprint density at radius 3 is 2.30 bits per heavy atom. The number of nitrogens with two attached hydrogens (primary N) is 1. The van der Waals surface area contributed by atoms with Gasteiger partial charge in [-0.3, -0.25) is 4.79 Å². The van der Waals surface area contributed by atoms with E-state index < -0.39 is 0 Å². The van der Waals surface area contributed by atoms with E-state index in [0.717, 1.165) is 5.56 Å². The number of anilines is 1. The van der Waals surface area contributed by atoms with Crippen LogP contribution in [0.15, 0.2) is 29.6 Å². The number of benzene rings is 1. The molecule has 2 rings (SSSR count). The summed E-state index contributed by atoms with van der Waals surface area (Å²) < 4.78 is 0. The van der Waals surface area contributed by atoms with Gasteiger partial charge in [-0.2, -0.15) is 0 Å². The number of amides is 1. The first-order chi connectivity index (χ1) is 9.47. The van der Waals surface area contributed by atoms with Crippen molar-refractivity contribution in [1.29, 1.82) is 0 Å². The molecule has 20 heavy (non-hydrogen) atoms. The predicted octanol–water partition coefficient (Wildman–Crippen LogP) is 3.34. The lowest BCUT2D eigenvalue weighted by Crippen LogP contribution is -2.26. The number of aromatic nitrogens is 1. The van der Waals surface area contributed by atoms with Crippen molar-refractivity contribution >= 4 is 22.4 Å². The summed E-state index contributed by atoms with van der Waals surface area (Å²) >= 11 is 1.27. The second-order valence-electron chi connectivity index (χ2n) is 5.09. The first kappa shape index (κ1) is 14.5. The van der Waals surface area contributed by atoms with Gasteiger partial charge in [-0.05, 0) is 24.0 Å². The fourth-order valence-corrected chi connectivity index (χ4v) is 2.46. The van der Waals surface area contributed by atoms with Crippen LogP contribution < -0.4 is 11.1 Å². The van der Waals surface area contributed by atoms with Crippen LogP contribution in [0.4, 0.5) is 5.13 Å². The summed E-state index contributed by atoms with van der Waals surface area (Å²) in [6, 6.07) is 8.24. The lowest BCUT2D eigenvalue weighted by Gasteiger charge is -2.14. The van der Waals surface area contributed by atoms with Gasteiger partial charge in [0.05, 0.1) is 6.04 Å². The molecule has 0 radical (unpaired) electrons. The summed E-state index contributed by atoms with van der Waals surface area (Å²) in [6.45, 7) is 6.28. The van der Waals surface area contributed by atoms with E-state index in [1.807, 2.05) is 6.92 Å². The van der Waals surface area contributed by atoms with Crippen molar-refractivity contribution in [3.63, 3.8) is 0 Å². The van der Waals surface area contributed by atoms with E-state index >= 15 is 0 Å². The zero-order chi connectivity index (χ0) is 14.7. The largest absolute Gasteiger partial charge is 0.375 e. The van der Waals surface area contributed by atoms with E-state index in [1.54, 1.807) is 5.38 Å². The number of thiazole rings is 1. The molecule has 3 N–H and O–H groups in total. The molecule has 1 unspecified atom stereocenters. The molecule has 2 aromatic rings. The van der Waals surface area contributed by atoms with Gasteiger partial charge in [0.1, 0.15) is 5.69 Å². The van der Waals surface area contributed by atoms with Gasteiger partial charge >= 0.3 is 0 Å². The number of hydrogen-bond acceptors (Lipinski definition) is 4. The van der Waals surface area contributed by atoms with E-state index in [9.17, 15) is 4.79 Å². The molecule has 0 bridgehead atoms. The monoisotopic (exact) mass is 289 g/mol. The molecule has 1 atom stereocenters. The Bertz CT molecular complexity index is 589. The molecule has 1 amide bonds. The molecule has 4 nitrogen and oxygen atoms in total. The van der Waals surface area contributed by atoms with E-state index in [1.165, 1.54) is 16.9 Å². The SMILES string of the molecule is CC(C)c1ccc(C(C)NC(=O)c2csc(N)n2)cc1. The molecule has 0 spiro atoms. The number of rotatable bonds is 4. The zero-order valence-corrected chi connectivity index (χ0v) is 12.7. The molecule has 1 heterocycles. The number of carbonyl (C=O) groups is 1.